The molecule has 0 aliphatic carbocycles. The highest BCUT2D eigenvalue weighted by Gasteiger charge is 2.10. The monoisotopic (exact) mass is 286 g/mol. The van der Waals surface area contributed by atoms with Crippen LogP contribution in [-0.2, 0) is 6.54 Å². The summed E-state index contributed by atoms with van der Waals surface area (Å²) in [6, 6.07) is 9.98. The molecule has 2 aromatic rings. The lowest BCUT2D eigenvalue weighted by Crippen LogP contribution is -2.25. The lowest BCUT2D eigenvalue weighted by molar-refractivity contribution is 0.0947. The van der Waals surface area contributed by atoms with Gasteiger partial charge in [-0.3, -0.25) is 4.79 Å². The average Bonchev–Trinajstić information content (AvgIpc) is 2.93. The zero-order valence-corrected chi connectivity index (χ0v) is 12.6. The number of aromatic nitrogens is 3. The first-order valence-corrected chi connectivity index (χ1v) is 7.37. The fourth-order valence-corrected chi connectivity index (χ4v) is 2.05. The van der Waals surface area contributed by atoms with Gasteiger partial charge in [0, 0.05) is 6.54 Å². The molecule has 0 aliphatic heterocycles. The minimum absolute atomic E-state index is 0.155. The van der Waals surface area contributed by atoms with E-state index in [0.29, 0.717) is 24.7 Å². The maximum absolute atomic E-state index is 11.9. The lowest BCUT2D eigenvalue weighted by Gasteiger charge is -2.05. The van der Waals surface area contributed by atoms with Crippen LogP contribution in [0.5, 0.6) is 0 Å². The molecule has 2 rings (SSSR count). The Labute approximate surface area is 125 Å². The molecule has 0 saturated carbocycles. The Bertz CT molecular complexity index is 563. The van der Waals surface area contributed by atoms with Gasteiger partial charge < -0.3 is 5.32 Å². The molecule has 0 atom stereocenters. The van der Waals surface area contributed by atoms with Crippen LogP contribution < -0.4 is 5.32 Å². The molecule has 1 heterocycles. The highest BCUT2D eigenvalue weighted by atomic mass is 16.2. The maximum atomic E-state index is 11.9. The fourth-order valence-electron chi connectivity index (χ4n) is 2.05. The molecular formula is C16H22N4O. The Hall–Kier alpha value is -2.17. The van der Waals surface area contributed by atoms with Gasteiger partial charge in [0.05, 0.1) is 12.7 Å². The van der Waals surface area contributed by atoms with Gasteiger partial charge >= 0.3 is 0 Å². The van der Waals surface area contributed by atoms with E-state index in [4.69, 9.17) is 0 Å². The fraction of sp³-hybridized carbons (Fsp3) is 0.438. The number of carbonyl (C=O) groups is 1. The van der Waals surface area contributed by atoms with Crippen LogP contribution in [0, 0.1) is 5.92 Å². The number of amides is 1. The molecule has 0 unspecified atom stereocenters. The molecule has 0 aliphatic rings. The third-order valence-corrected chi connectivity index (χ3v) is 3.20. The van der Waals surface area contributed by atoms with Crippen molar-refractivity contribution in [3.63, 3.8) is 0 Å². The summed E-state index contributed by atoms with van der Waals surface area (Å²) in [7, 11) is 0. The molecule has 0 saturated heterocycles. The Morgan fingerprint density at radius 3 is 2.76 bits per heavy atom. The van der Waals surface area contributed by atoms with Crippen molar-refractivity contribution in [3.05, 3.63) is 47.8 Å². The first-order chi connectivity index (χ1) is 10.1. The second-order valence-corrected chi connectivity index (χ2v) is 5.58. The topological polar surface area (TPSA) is 59.8 Å². The Balaban J connectivity index is 1.83. The first kappa shape index (κ1) is 15.2. The molecule has 1 aromatic heterocycles. The van der Waals surface area contributed by atoms with E-state index in [0.717, 1.165) is 18.4 Å². The summed E-state index contributed by atoms with van der Waals surface area (Å²) in [6.07, 6.45) is 3.79. The largest absolute Gasteiger partial charge is 0.351 e. The third kappa shape index (κ3) is 5.02. The molecule has 112 valence electrons. The number of carbonyl (C=O) groups excluding carboxylic acids is 1. The van der Waals surface area contributed by atoms with Crippen molar-refractivity contribution in [3.8, 4) is 0 Å². The summed E-state index contributed by atoms with van der Waals surface area (Å²) >= 11 is 0. The number of rotatable bonds is 7. The molecule has 0 fully saturated rings. The molecule has 1 N–H and O–H groups in total. The quantitative estimate of drug-likeness (QED) is 0.796. The van der Waals surface area contributed by atoms with Crippen LogP contribution in [0.1, 0.15) is 42.7 Å². The molecule has 0 spiro atoms. The van der Waals surface area contributed by atoms with Crippen LogP contribution in [0.3, 0.4) is 0 Å². The summed E-state index contributed by atoms with van der Waals surface area (Å²) in [4.78, 5) is 11.9. The van der Waals surface area contributed by atoms with Gasteiger partial charge in [-0.15, -0.1) is 5.10 Å². The van der Waals surface area contributed by atoms with E-state index in [-0.39, 0.29) is 5.91 Å². The molecule has 0 bridgehead atoms. The van der Waals surface area contributed by atoms with E-state index in [1.165, 1.54) is 0 Å². The zero-order valence-electron chi connectivity index (χ0n) is 12.6. The highest BCUT2D eigenvalue weighted by molar-refractivity contribution is 5.91. The van der Waals surface area contributed by atoms with E-state index in [9.17, 15) is 4.79 Å². The van der Waals surface area contributed by atoms with Gasteiger partial charge in [-0.25, -0.2) is 4.68 Å². The molecule has 0 radical (unpaired) electrons. The van der Waals surface area contributed by atoms with Gasteiger partial charge in [0.15, 0.2) is 5.69 Å². The van der Waals surface area contributed by atoms with Gasteiger partial charge in [0.2, 0.25) is 0 Å². The number of benzene rings is 1. The Morgan fingerprint density at radius 1 is 1.29 bits per heavy atom. The second kappa shape index (κ2) is 7.57. The number of nitrogens with one attached hydrogen (secondary N) is 1. The Morgan fingerprint density at radius 2 is 2.05 bits per heavy atom. The van der Waals surface area contributed by atoms with Gasteiger partial charge in [-0.1, -0.05) is 49.4 Å². The predicted molar refractivity (Wildman–Crippen MR) is 82.0 cm³/mol. The van der Waals surface area contributed by atoms with Crippen molar-refractivity contribution in [2.45, 2.75) is 33.2 Å². The van der Waals surface area contributed by atoms with E-state index in [1.54, 1.807) is 10.9 Å². The smallest absolute Gasteiger partial charge is 0.273 e. The molecule has 1 amide bonds. The molecule has 21 heavy (non-hydrogen) atoms. The van der Waals surface area contributed by atoms with Crippen LogP contribution in [0.4, 0.5) is 0 Å². The SMILES string of the molecule is CC(C)CCCNC(=O)c1cn(Cc2ccccc2)nn1. The lowest BCUT2D eigenvalue weighted by atomic mass is 10.1. The van der Waals surface area contributed by atoms with Crippen molar-refractivity contribution in [1.82, 2.24) is 20.3 Å². The highest BCUT2D eigenvalue weighted by Crippen LogP contribution is 2.03. The van der Waals surface area contributed by atoms with Crippen molar-refractivity contribution in [1.29, 1.82) is 0 Å². The van der Waals surface area contributed by atoms with Crippen LogP contribution in [0.15, 0.2) is 36.5 Å². The van der Waals surface area contributed by atoms with Crippen molar-refractivity contribution in [2.24, 2.45) is 5.92 Å². The zero-order chi connectivity index (χ0) is 15.1. The normalized spacial score (nSPS) is 10.8. The van der Waals surface area contributed by atoms with Gasteiger partial charge in [-0.2, -0.15) is 0 Å². The van der Waals surface area contributed by atoms with E-state index in [2.05, 4.69) is 29.5 Å². The van der Waals surface area contributed by atoms with Crippen LogP contribution >= 0.6 is 0 Å². The number of hydrogen-bond donors (Lipinski definition) is 1. The van der Waals surface area contributed by atoms with E-state index in [1.807, 2.05) is 30.3 Å². The minimum atomic E-state index is -0.155. The van der Waals surface area contributed by atoms with Gasteiger partial charge in [-0.05, 0) is 24.3 Å². The molecular weight excluding hydrogens is 264 g/mol. The predicted octanol–water partition coefficient (Wildman–Crippen LogP) is 2.49. The Kier molecular flexibility index (Phi) is 5.49. The van der Waals surface area contributed by atoms with E-state index >= 15 is 0 Å². The average molecular weight is 286 g/mol. The molecule has 1 aromatic carbocycles. The number of hydrogen-bond acceptors (Lipinski definition) is 3. The second-order valence-electron chi connectivity index (χ2n) is 5.58. The van der Waals surface area contributed by atoms with Crippen molar-refractivity contribution >= 4 is 5.91 Å². The van der Waals surface area contributed by atoms with Crippen LogP contribution in [0.25, 0.3) is 0 Å². The standard InChI is InChI=1S/C16H22N4O/c1-13(2)7-6-10-17-16(21)15-12-20(19-18-15)11-14-8-4-3-5-9-14/h3-5,8-9,12-13H,6-7,10-11H2,1-2H3,(H,17,21). The first-order valence-electron chi connectivity index (χ1n) is 7.37. The molecule has 5 nitrogen and oxygen atoms in total. The van der Waals surface area contributed by atoms with Crippen molar-refractivity contribution < 1.29 is 4.79 Å². The maximum Gasteiger partial charge on any atom is 0.273 e. The summed E-state index contributed by atoms with van der Waals surface area (Å²) in [5.41, 5.74) is 1.50. The molecule has 5 heteroatoms. The summed E-state index contributed by atoms with van der Waals surface area (Å²) in [5, 5.41) is 10.8. The summed E-state index contributed by atoms with van der Waals surface area (Å²) < 4.78 is 1.68. The van der Waals surface area contributed by atoms with Gasteiger partial charge in [0.1, 0.15) is 0 Å². The van der Waals surface area contributed by atoms with Crippen LogP contribution in [-0.4, -0.2) is 27.4 Å². The number of nitrogens with zero attached hydrogens (tertiary/aromatic N) is 3. The van der Waals surface area contributed by atoms with Gasteiger partial charge in [0.25, 0.3) is 5.91 Å². The summed E-state index contributed by atoms with van der Waals surface area (Å²) in [6.45, 7) is 5.66. The summed E-state index contributed by atoms with van der Waals surface area (Å²) in [5.74, 6) is 0.506. The van der Waals surface area contributed by atoms with Crippen molar-refractivity contribution in [2.75, 3.05) is 6.54 Å². The minimum Gasteiger partial charge on any atom is -0.351 e. The third-order valence-electron chi connectivity index (χ3n) is 3.20. The van der Waals surface area contributed by atoms with Crippen LogP contribution in [0.2, 0.25) is 0 Å². The van der Waals surface area contributed by atoms with E-state index < -0.39 is 0 Å².